The monoisotopic (exact) mass is 346 g/mol. The van der Waals surface area contributed by atoms with Crippen molar-refractivity contribution in [2.45, 2.75) is 0 Å². The Morgan fingerprint density at radius 3 is 2.32 bits per heavy atom. The number of hydrogen-bond acceptors (Lipinski definition) is 3. The minimum absolute atomic E-state index is 0.624. The van der Waals surface area contributed by atoms with Crippen molar-refractivity contribution in [2.75, 3.05) is 5.73 Å². The molecule has 0 aliphatic heterocycles. The summed E-state index contributed by atoms with van der Waals surface area (Å²) in [6.45, 7) is 0. The van der Waals surface area contributed by atoms with E-state index in [0.29, 0.717) is 10.0 Å². The fourth-order valence-corrected chi connectivity index (χ4v) is 3.32. The van der Waals surface area contributed by atoms with Crippen molar-refractivity contribution in [3.05, 3.63) is 69.3 Å². The summed E-state index contributed by atoms with van der Waals surface area (Å²) >= 11 is 13.9. The van der Waals surface area contributed by atoms with Gasteiger partial charge in [-0.3, -0.25) is 0 Å². The summed E-state index contributed by atoms with van der Waals surface area (Å²) in [4.78, 5) is 5.49. The third-order valence-electron chi connectivity index (χ3n) is 3.11. The van der Waals surface area contributed by atoms with Crippen LogP contribution in [-0.4, -0.2) is 4.98 Å². The highest BCUT2D eigenvalue weighted by molar-refractivity contribution is 7.16. The molecule has 0 amide bonds. The summed E-state index contributed by atoms with van der Waals surface area (Å²) in [5, 5.41) is 2.14. The number of nitrogen functional groups attached to an aromatic ring is 1. The molecular formula is C17H12Cl2N2S. The van der Waals surface area contributed by atoms with Crippen molar-refractivity contribution in [1.82, 2.24) is 4.98 Å². The molecule has 0 spiro atoms. The number of aromatic nitrogens is 1. The van der Waals surface area contributed by atoms with Crippen LogP contribution in [0, 0.1) is 0 Å². The molecule has 5 heteroatoms. The Morgan fingerprint density at radius 2 is 1.64 bits per heavy atom. The van der Waals surface area contributed by atoms with E-state index in [0.717, 1.165) is 26.7 Å². The van der Waals surface area contributed by atoms with Crippen molar-refractivity contribution >= 4 is 52.4 Å². The first kappa shape index (κ1) is 15.1. The molecule has 0 aliphatic rings. The fourth-order valence-electron chi connectivity index (χ4n) is 1.97. The molecule has 0 aliphatic carbocycles. The summed E-state index contributed by atoms with van der Waals surface area (Å²) in [7, 11) is 0. The van der Waals surface area contributed by atoms with E-state index in [1.807, 2.05) is 60.8 Å². The van der Waals surface area contributed by atoms with Crippen LogP contribution in [0.1, 0.15) is 10.6 Å². The lowest BCUT2D eigenvalue weighted by atomic mass is 10.2. The van der Waals surface area contributed by atoms with Crippen molar-refractivity contribution < 1.29 is 0 Å². The molecule has 0 radical (unpaired) electrons. The second-order valence-corrected chi connectivity index (χ2v) is 6.53. The zero-order chi connectivity index (χ0) is 15.5. The van der Waals surface area contributed by atoms with Crippen LogP contribution in [0.25, 0.3) is 22.6 Å². The molecule has 3 aromatic rings. The predicted octanol–water partition coefficient (Wildman–Crippen LogP) is 5.87. The molecule has 2 aromatic carbocycles. The highest BCUT2D eigenvalue weighted by Gasteiger charge is 2.04. The molecule has 3 rings (SSSR count). The van der Waals surface area contributed by atoms with E-state index < -0.39 is 0 Å². The molecule has 110 valence electrons. The van der Waals surface area contributed by atoms with Gasteiger partial charge in [-0.2, -0.15) is 0 Å². The maximum absolute atomic E-state index is 6.15. The first-order valence-corrected chi connectivity index (χ1v) is 8.14. The van der Waals surface area contributed by atoms with Gasteiger partial charge in [0.15, 0.2) is 0 Å². The second kappa shape index (κ2) is 6.53. The quantitative estimate of drug-likeness (QED) is 0.602. The van der Waals surface area contributed by atoms with Crippen LogP contribution < -0.4 is 5.73 Å². The van der Waals surface area contributed by atoms with Gasteiger partial charge in [0, 0.05) is 27.5 Å². The Bertz CT molecular complexity index is 803. The Labute approximate surface area is 142 Å². The minimum Gasteiger partial charge on any atom is -0.399 e. The van der Waals surface area contributed by atoms with Crippen LogP contribution in [0.2, 0.25) is 10.0 Å². The lowest BCUT2D eigenvalue weighted by molar-refractivity contribution is 1.39. The molecule has 0 saturated heterocycles. The molecule has 0 saturated carbocycles. The van der Waals surface area contributed by atoms with Crippen LogP contribution in [0.3, 0.4) is 0 Å². The van der Waals surface area contributed by atoms with Gasteiger partial charge in [0.1, 0.15) is 5.01 Å². The summed E-state index contributed by atoms with van der Waals surface area (Å²) < 4.78 is 0. The minimum atomic E-state index is 0.624. The Kier molecular flexibility index (Phi) is 4.48. The smallest absolute Gasteiger partial charge is 0.116 e. The molecule has 0 unspecified atom stereocenters. The maximum Gasteiger partial charge on any atom is 0.116 e. The maximum atomic E-state index is 6.15. The standard InChI is InChI=1S/C17H12Cl2N2S/c18-14-2-1-3-15(19)13(14)8-9-17-21-10-16(22-17)11-4-6-12(20)7-5-11/h1-10H,20H2/b9-8+. The third-order valence-corrected chi connectivity index (χ3v) is 4.78. The van der Waals surface area contributed by atoms with Gasteiger partial charge in [-0.15, -0.1) is 11.3 Å². The van der Waals surface area contributed by atoms with Crippen LogP contribution in [0.15, 0.2) is 48.7 Å². The summed E-state index contributed by atoms with van der Waals surface area (Å²) in [5.74, 6) is 0. The number of thiazole rings is 1. The van der Waals surface area contributed by atoms with Crippen molar-refractivity contribution in [2.24, 2.45) is 0 Å². The van der Waals surface area contributed by atoms with Gasteiger partial charge in [-0.1, -0.05) is 41.4 Å². The van der Waals surface area contributed by atoms with E-state index >= 15 is 0 Å². The normalized spacial score (nSPS) is 11.2. The average molecular weight is 347 g/mol. The van der Waals surface area contributed by atoms with Crippen molar-refractivity contribution in [3.8, 4) is 10.4 Å². The summed E-state index contributed by atoms with van der Waals surface area (Å²) in [6, 6.07) is 13.2. The Hall–Kier alpha value is -1.81. The molecular weight excluding hydrogens is 335 g/mol. The Morgan fingerprint density at radius 1 is 0.955 bits per heavy atom. The molecule has 2 N–H and O–H groups in total. The Balaban J connectivity index is 1.85. The number of nitrogens with zero attached hydrogens (tertiary/aromatic N) is 1. The number of rotatable bonds is 3. The van der Waals surface area contributed by atoms with Crippen LogP contribution in [-0.2, 0) is 0 Å². The second-order valence-electron chi connectivity index (χ2n) is 4.65. The topological polar surface area (TPSA) is 38.9 Å². The molecule has 0 atom stereocenters. The van der Waals surface area contributed by atoms with Crippen molar-refractivity contribution in [3.63, 3.8) is 0 Å². The number of halogens is 2. The lowest BCUT2D eigenvalue weighted by Crippen LogP contribution is -1.82. The highest BCUT2D eigenvalue weighted by Crippen LogP contribution is 2.30. The van der Waals surface area contributed by atoms with Crippen molar-refractivity contribution in [1.29, 1.82) is 0 Å². The summed E-state index contributed by atoms with van der Waals surface area (Å²) in [6.07, 6.45) is 5.65. The zero-order valence-corrected chi connectivity index (χ0v) is 13.8. The highest BCUT2D eigenvalue weighted by atomic mass is 35.5. The lowest BCUT2D eigenvalue weighted by Gasteiger charge is -1.99. The average Bonchev–Trinajstić information content (AvgIpc) is 2.96. The van der Waals surface area contributed by atoms with Gasteiger partial charge >= 0.3 is 0 Å². The van der Waals surface area contributed by atoms with E-state index in [2.05, 4.69) is 4.98 Å². The van der Waals surface area contributed by atoms with E-state index in [-0.39, 0.29) is 0 Å². The molecule has 0 fully saturated rings. The predicted molar refractivity (Wildman–Crippen MR) is 97.4 cm³/mol. The number of nitrogens with two attached hydrogens (primary N) is 1. The fraction of sp³-hybridized carbons (Fsp3) is 0. The van der Waals surface area contributed by atoms with E-state index in [9.17, 15) is 0 Å². The third kappa shape index (κ3) is 3.33. The van der Waals surface area contributed by atoms with Gasteiger partial charge in [0.25, 0.3) is 0 Å². The van der Waals surface area contributed by atoms with Gasteiger partial charge in [-0.25, -0.2) is 4.98 Å². The molecule has 0 bridgehead atoms. The largest absolute Gasteiger partial charge is 0.399 e. The van der Waals surface area contributed by atoms with E-state index in [1.165, 1.54) is 0 Å². The van der Waals surface area contributed by atoms with E-state index in [1.54, 1.807) is 11.3 Å². The SMILES string of the molecule is Nc1ccc(-c2cnc(/C=C/c3c(Cl)cccc3Cl)s2)cc1. The van der Waals surface area contributed by atoms with Gasteiger partial charge in [0.05, 0.1) is 4.88 Å². The number of anilines is 1. The van der Waals surface area contributed by atoms with Gasteiger partial charge in [-0.05, 0) is 42.0 Å². The van der Waals surface area contributed by atoms with Crippen LogP contribution >= 0.6 is 34.5 Å². The molecule has 22 heavy (non-hydrogen) atoms. The first-order chi connectivity index (χ1) is 10.6. The summed E-state index contributed by atoms with van der Waals surface area (Å²) in [5.41, 5.74) is 8.35. The van der Waals surface area contributed by atoms with Gasteiger partial charge in [0.2, 0.25) is 0 Å². The van der Waals surface area contributed by atoms with E-state index in [4.69, 9.17) is 28.9 Å². The number of benzene rings is 2. The number of hydrogen-bond donors (Lipinski definition) is 1. The first-order valence-electron chi connectivity index (χ1n) is 6.57. The van der Waals surface area contributed by atoms with Crippen LogP contribution in [0.5, 0.6) is 0 Å². The molecule has 2 nitrogen and oxygen atoms in total. The molecule has 1 aromatic heterocycles. The molecule has 1 heterocycles. The van der Waals surface area contributed by atoms with Gasteiger partial charge < -0.3 is 5.73 Å². The van der Waals surface area contributed by atoms with Crippen LogP contribution in [0.4, 0.5) is 5.69 Å². The zero-order valence-electron chi connectivity index (χ0n) is 11.5.